The largest absolute Gasteiger partial charge is 0.373 e. The summed E-state index contributed by atoms with van der Waals surface area (Å²) in [7, 11) is 0. The number of hydrogen-bond donors (Lipinski definition) is 1. The third-order valence-corrected chi connectivity index (χ3v) is 3.04. The lowest BCUT2D eigenvalue weighted by Crippen LogP contribution is -2.24. The van der Waals surface area contributed by atoms with Crippen molar-refractivity contribution in [2.75, 3.05) is 0 Å². The van der Waals surface area contributed by atoms with Gasteiger partial charge in [-0.2, -0.15) is 0 Å². The van der Waals surface area contributed by atoms with Gasteiger partial charge in [-0.3, -0.25) is 0 Å². The molecule has 1 aromatic carbocycles. The van der Waals surface area contributed by atoms with Crippen LogP contribution in [0.25, 0.3) is 0 Å². The predicted octanol–water partition coefficient (Wildman–Crippen LogP) is 4.50. The molecule has 1 nitrogen and oxygen atoms in total. The van der Waals surface area contributed by atoms with E-state index in [1.807, 2.05) is 30.3 Å². The highest BCUT2D eigenvalue weighted by Crippen LogP contribution is 2.27. The van der Waals surface area contributed by atoms with Crippen LogP contribution in [0.2, 0.25) is 0 Å². The Morgan fingerprint density at radius 1 is 1.00 bits per heavy atom. The molecule has 0 saturated heterocycles. The Hall–Kier alpha value is -1.26. The molecule has 19 heavy (non-hydrogen) atoms. The van der Waals surface area contributed by atoms with E-state index in [0.717, 1.165) is 24.8 Å². The lowest BCUT2D eigenvalue weighted by atomic mass is 9.87. The standard InChI is InChI=1S/C18H26O/c1-5-6-10-13-18(19,15-14-17(2,3)4)16-11-8-7-9-12-16/h7-9,11-12,19H,5-6,10,13H2,1-4H3. The Kier molecular flexibility index (Phi) is 5.63. The highest BCUT2D eigenvalue weighted by Gasteiger charge is 2.26. The summed E-state index contributed by atoms with van der Waals surface area (Å²) >= 11 is 0. The average molecular weight is 258 g/mol. The molecular formula is C18H26O. The molecule has 0 heterocycles. The van der Waals surface area contributed by atoms with Crippen LogP contribution in [0.4, 0.5) is 0 Å². The zero-order valence-corrected chi connectivity index (χ0v) is 12.7. The number of benzene rings is 1. The molecule has 1 atom stereocenters. The Labute approximate surface area is 118 Å². The van der Waals surface area contributed by atoms with Gasteiger partial charge in [0.15, 0.2) is 5.60 Å². The van der Waals surface area contributed by atoms with Gasteiger partial charge in [0.1, 0.15) is 0 Å². The first-order chi connectivity index (χ1) is 8.87. The van der Waals surface area contributed by atoms with Crippen molar-refractivity contribution in [1.82, 2.24) is 0 Å². The normalized spacial score (nSPS) is 14.4. The topological polar surface area (TPSA) is 20.2 Å². The van der Waals surface area contributed by atoms with Gasteiger partial charge in [-0.25, -0.2) is 0 Å². The SMILES string of the molecule is CCCCCC(O)(C#CC(C)(C)C)c1ccccc1. The second-order valence-electron chi connectivity index (χ2n) is 6.18. The molecule has 0 aromatic heterocycles. The highest BCUT2D eigenvalue weighted by molar-refractivity contribution is 5.32. The summed E-state index contributed by atoms with van der Waals surface area (Å²) in [5.74, 6) is 6.30. The Bertz CT molecular complexity index is 430. The fourth-order valence-electron chi connectivity index (χ4n) is 1.91. The molecule has 0 aliphatic carbocycles. The monoisotopic (exact) mass is 258 g/mol. The van der Waals surface area contributed by atoms with Crippen LogP contribution >= 0.6 is 0 Å². The van der Waals surface area contributed by atoms with Crippen LogP contribution in [-0.4, -0.2) is 5.11 Å². The molecule has 0 fully saturated rings. The molecule has 1 aromatic rings. The molecule has 1 unspecified atom stereocenters. The van der Waals surface area contributed by atoms with E-state index in [0.29, 0.717) is 6.42 Å². The summed E-state index contributed by atoms with van der Waals surface area (Å²) in [6.07, 6.45) is 3.98. The maximum absolute atomic E-state index is 10.9. The summed E-state index contributed by atoms with van der Waals surface area (Å²) in [5, 5.41) is 10.9. The van der Waals surface area contributed by atoms with Crippen LogP contribution in [-0.2, 0) is 5.60 Å². The first-order valence-electron chi connectivity index (χ1n) is 7.19. The lowest BCUT2D eigenvalue weighted by Gasteiger charge is -2.24. The first-order valence-corrected chi connectivity index (χ1v) is 7.19. The van der Waals surface area contributed by atoms with Gasteiger partial charge in [-0.1, -0.05) is 61.9 Å². The van der Waals surface area contributed by atoms with Crippen LogP contribution in [0.5, 0.6) is 0 Å². The third kappa shape index (κ3) is 5.49. The maximum atomic E-state index is 10.9. The van der Waals surface area contributed by atoms with E-state index in [-0.39, 0.29) is 5.41 Å². The molecule has 0 radical (unpaired) electrons. The Morgan fingerprint density at radius 2 is 1.63 bits per heavy atom. The molecule has 1 N–H and O–H groups in total. The molecule has 0 amide bonds. The third-order valence-electron chi connectivity index (χ3n) is 3.04. The minimum Gasteiger partial charge on any atom is -0.373 e. The van der Waals surface area contributed by atoms with Crippen LogP contribution in [0.3, 0.4) is 0 Å². The average Bonchev–Trinajstić information content (AvgIpc) is 2.37. The quantitative estimate of drug-likeness (QED) is 0.609. The minimum atomic E-state index is -1.01. The van der Waals surface area contributed by atoms with Crippen molar-refractivity contribution in [3.05, 3.63) is 35.9 Å². The number of hydrogen-bond acceptors (Lipinski definition) is 1. The van der Waals surface area contributed by atoms with Crippen molar-refractivity contribution < 1.29 is 5.11 Å². The number of unbranched alkanes of at least 4 members (excludes halogenated alkanes) is 2. The van der Waals surface area contributed by atoms with Gasteiger partial charge in [0, 0.05) is 5.41 Å². The van der Waals surface area contributed by atoms with Crippen molar-refractivity contribution in [3.63, 3.8) is 0 Å². The number of rotatable bonds is 5. The van der Waals surface area contributed by atoms with Crippen molar-refractivity contribution in [2.24, 2.45) is 5.41 Å². The van der Waals surface area contributed by atoms with E-state index in [1.54, 1.807) is 0 Å². The van der Waals surface area contributed by atoms with E-state index in [2.05, 4.69) is 39.5 Å². The summed E-state index contributed by atoms with van der Waals surface area (Å²) in [6, 6.07) is 9.80. The molecule has 0 spiro atoms. The zero-order chi connectivity index (χ0) is 14.4. The molecule has 1 rings (SSSR count). The molecule has 0 aliphatic heterocycles. The van der Waals surface area contributed by atoms with Crippen molar-refractivity contribution in [1.29, 1.82) is 0 Å². The predicted molar refractivity (Wildman–Crippen MR) is 81.7 cm³/mol. The van der Waals surface area contributed by atoms with E-state index in [1.165, 1.54) is 0 Å². The van der Waals surface area contributed by atoms with Gasteiger partial charge in [0.05, 0.1) is 0 Å². The molecule has 0 saturated carbocycles. The Morgan fingerprint density at radius 3 is 2.16 bits per heavy atom. The van der Waals surface area contributed by atoms with Gasteiger partial charge in [-0.05, 0) is 39.2 Å². The fourth-order valence-corrected chi connectivity index (χ4v) is 1.91. The van der Waals surface area contributed by atoms with E-state index >= 15 is 0 Å². The first kappa shape index (κ1) is 15.8. The fraction of sp³-hybridized carbons (Fsp3) is 0.556. The molecule has 104 valence electrons. The molecule has 0 bridgehead atoms. The van der Waals surface area contributed by atoms with E-state index in [4.69, 9.17) is 0 Å². The van der Waals surface area contributed by atoms with E-state index in [9.17, 15) is 5.11 Å². The minimum absolute atomic E-state index is 0.0898. The van der Waals surface area contributed by atoms with Gasteiger partial charge in [0.2, 0.25) is 0 Å². The summed E-state index contributed by atoms with van der Waals surface area (Å²) in [5.41, 5.74) is -0.195. The highest BCUT2D eigenvalue weighted by atomic mass is 16.3. The summed E-state index contributed by atoms with van der Waals surface area (Å²) < 4.78 is 0. The van der Waals surface area contributed by atoms with Crippen molar-refractivity contribution in [2.45, 2.75) is 59.0 Å². The van der Waals surface area contributed by atoms with Crippen molar-refractivity contribution in [3.8, 4) is 11.8 Å². The molecular weight excluding hydrogens is 232 g/mol. The lowest BCUT2D eigenvalue weighted by molar-refractivity contribution is 0.0867. The van der Waals surface area contributed by atoms with Crippen LogP contribution in [0, 0.1) is 17.3 Å². The molecule has 0 aliphatic rings. The van der Waals surface area contributed by atoms with Gasteiger partial charge >= 0.3 is 0 Å². The second-order valence-corrected chi connectivity index (χ2v) is 6.18. The van der Waals surface area contributed by atoms with Crippen LogP contribution in [0.1, 0.15) is 58.9 Å². The van der Waals surface area contributed by atoms with E-state index < -0.39 is 5.60 Å². The van der Waals surface area contributed by atoms with Gasteiger partial charge in [0.25, 0.3) is 0 Å². The van der Waals surface area contributed by atoms with Gasteiger partial charge in [-0.15, -0.1) is 0 Å². The smallest absolute Gasteiger partial charge is 0.150 e. The Balaban J connectivity index is 2.99. The van der Waals surface area contributed by atoms with Gasteiger partial charge < -0.3 is 5.11 Å². The summed E-state index contributed by atoms with van der Waals surface area (Å²) in [6.45, 7) is 8.37. The number of aliphatic hydroxyl groups is 1. The van der Waals surface area contributed by atoms with Crippen LogP contribution in [0.15, 0.2) is 30.3 Å². The zero-order valence-electron chi connectivity index (χ0n) is 12.7. The van der Waals surface area contributed by atoms with Crippen LogP contribution < -0.4 is 0 Å². The molecule has 1 heteroatoms. The second kappa shape index (κ2) is 6.78. The van der Waals surface area contributed by atoms with Crippen molar-refractivity contribution >= 4 is 0 Å². The summed E-state index contributed by atoms with van der Waals surface area (Å²) in [4.78, 5) is 0. The maximum Gasteiger partial charge on any atom is 0.150 e.